The van der Waals surface area contributed by atoms with E-state index >= 15 is 0 Å². The fourth-order valence-electron chi connectivity index (χ4n) is 2.09. The summed E-state index contributed by atoms with van der Waals surface area (Å²) in [7, 11) is 1.64. The van der Waals surface area contributed by atoms with E-state index in [0.717, 1.165) is 17.9 Å². The molecule has 4 heteroatoms. The van der Waals surface area contributed by atoms with Gasteiger partial charge in [-0.3, -0.25) is 4.79 Å². The quantitative estimate of drug-likeness (QED) is 0.819. The molecule has 0 aliphatic heterocycles. The number of methoxy groups -OCH3 is 1. The van der Waals surface area contributed by atoms with Crippen molar-refractivity contribution in [2.45, 2.75) is 25.7 Å². The van der Waals surface area contributed by atoms with Gasteiger partial charge in [-0.05, 0) is 56.0 Å². The Bertz CT molecular complexity index is 413. The lowest BCUT2D eigenvalue weighted by atomic mass is 10.2. The fourth-order valence-corrected chi connectivity index (χ4v) is 2.09. The van der Waals surface area contributed by atoms with Crippen LogP contribution in [-0.2, 0) is 4.79 Å². The number of rotatable bonds is 7. The summed E-state index contributed by atoms with van der Waals surface area (Å²) in [6.45, 7) is 1.29. The van der Waals surface area contributed by atoms with Crippen LogP contribution in [0.3, 0.4) is 0 Å². The average Bonchev–Trinajstić information content (AvgIpc) is 3.24. The molecule has 1 fully saturated rings. The molecular formula is C15H22N2O2. The molecule has 0 aromatic heterocycles. The van der Waals surface area contributed by atoms with E-state index in [1.807, 2.05) is 29.2 Å². The zero-order valence-electron chi connectivity index (χ0n) is 11.5. The maximum atomic E-state index is 12.3. The van der Waals surface area contributed by atoms with Crippen LogP contribution in [-0.4, -0.2) is 26.1 Å². The highest BCUT2D eigenvalue weighted by atomic mass is 16.5. The first-order valence-electron chi connectivity index (χ1n) is 6.89. The lowest BCUT2D eigenvalue weighted by Crippen LogP contribution is -2.33. The summed E-state index contributed by atoms with van der Waals surface area (Å²) in [5, 5.41) is 0. The van der Waals surface area contributed by atoms with E-state index in [4.69, 9.17) is 10.5 Å². The predicted molar refractivity (Wildman–Crippen MR) is 76.4 cm³/mol. The van der Waals surface area contributed by atoms with Gasteiger partial charge in [0.25, 0.3) is 0 Å². The van der Waals surface area contributed by atoms with E-state index in [0.29, 0.717) is 25.4 Å². The normalized spacial score (nSPS) is 14.2. The maximum Gasteiger partial charge on any atom is 0.227 e. The second-order valence-corrected chi connectivity index (χ2v) is 5.03. The van der Waals surface area contributed by atoms with E-state index < -0.39 is 0 Å². The molecule has 1 amide bonds. The van der Waals surface area contributed by atoms with Gasteiger partial charge in [0.15, 0.2) is 0 Å². The Hall–Kier alpha value is -1.55. The maximum absolute atomic E-state index is 12.3. The first-order valence-corrected chi connectivity index (χ1v) is 6.89. The fraction of sp³-hybridized carbons (Fsp3) is 0.533. The van der Waals surface area contributed by atoms with Gasteiger partial charge in [-0.1, -0.05) is 0 Å². The Morgan fingerprint density at radius 2 is 2.05 bits per heavy atom. The topological polar surface area (TPSA) is 55.6 Å². The molecule has 0 unspecified atom stereocenters. The second kappa shape index (κ2) is 6.57. The minimum absolute atomic E-state index is 0.209. The number of nitrogens with two attached hydrogens (primary N) is 1. The van der Waals surface area contributed by atoms with Crippen molar-refractivity contribution in [2.75, 3.05) is 25.1 Å². The molecule has 2 N–H and O–H groups in total. The number of hydrogen-bond donors (Lipinski definition) is 1. The molecule has 1 aromatic carbocycles. The van der Waals surface area contributed by atoms with Crippen molar-refractivity contribution in [3.63, 3.8) is 0 Å². The molecule has 1 aliphatic rings. The highest BCUT2D eigenvalue weighted by Gasteiger charge is 2.27. The monoisotopic (exact) mass is 262 g/mol. The summed E-state index contributed by atoms with van der Waals surface area (Å²) in [4.78, 5) is 14.2. The summed E-state index contributed by atoms with van der Waals surface area (Å²) in [6, 6.07) is 7.63. The summed E-state index contributed by atoms with van der Waals surface area (Å²) in [5.74, 6) is 1.62. The average molecular weight is 262 g/mol. The SMILES string of the molecule is COc1ccc(N(CCCN)C(=O)CC2CC2)cc1. The van der Waals surface area contributed by atoms with E-state index in [1.54, 1.807) is 7.11 Å². The number of anilines is 1. The zero-order chi connectivity index (χ0) is 13.7. The van der Waals surface area contributed by atoms with Crippen LogP contribution in [0.1, 0.15) is 25.7 Å². The number of carbonyl (C=O) groups excluding carboxylic acids is 1. The molecule has 0 saturated heterocycles. The first kappa shape index (κ1) is 13.9. The van der Waals surface area contributed by atoms with E-state index in [9.17, 15) is 4.79 Å². The van der Waals surface area contributed by atoms with E-state index in [1.165, 1.54) is 12.8 Å². The van der Waals surface area contributed by atoms with Crippen LogP contribution in [0.4, 0.5) is 5.69 Å². The molecule has 0 heterocycles. The van der Waals surface area contributed by atoms with Crippen molar-refractivity contribution in [1.29, 1.82) is 0 Å². The number of amides is 1. The zero-order valence-corrected chi connectivity index (χ0v) is 11.5. The Morgan fingerprint density at radius 3 is 2.58 bits per heavy atom. The number of benzene rings is 1. The highest BCUT2D eigenvalue weighted by molar-refractivity contribution is 5.93. The number of hydrogen-bond acceptors (Lipinski definition) is 3. The van der Waals surface area contributed by atoms with Gasteiger partial charge in [-0.15, -0.1) is 0 Å². The van der Waals surface area contributed by atoms with E-state index in [2.05, 4.69) is 0 Å². The third kappa shape index (κ3) is 3.96. The van der Waals surface area contributed by atoms with Gasteiger partial charge in [0.1, 0.15) is 5.75 Å². The molecule has 19 heavy (non-hydrogen) atoms. The van der Waals surface area contributed by atoms with Crippen LogP contribution in [0.5, 0.6) is 5.75 Å². The van der Waals surface area contributed by atoms with Crippen LogP contribution >= 0.6 is 0 Å². The lowest BCUT2D eigenvalue weighted by molar-refractivity contribution is -0.118. The Labute approximate surface area is 114 Å². The molecule has 0 radical (unpaired) electrons. The summed E-state index contributed by atoms with van der Waals surface area (Å²) < 4.78 is 5.14. The molecule has 0 atom stereocenters. The molecule has 0 spiro atoms. The van der Waals surface area contributed by atoms with Gasteiger partial charge < -0.3 is 15.4 Å². The van der Waals surface area contributed by atoms with Gasteiger partial charge >= 0.3 is 0 Å². The summed E-state index contributed by atoms with van der Waals surface area (Å²) >= 11 is 0. The van der Waals surface area contributed by atoms with Crippen LogP contribution in [0.25, 0.3) is 0 Å². The lowest BCUT2D eigenvalue weighted by Gasteiger charge is -2.23. The Morgan fingerprint density at radius 1 is 1.37 bits per heavy atom. The van der Waals surface area contributed by atoms with Crippen molar-refractivity contribution >= 4 is 11.6 Å². The minimum Gasteiger partial charge on any atom is -0.497 e. The molecule has 0 bridgehead atoms. The molecule has 1 saturated carbocycles. The second-order valence-electron chi connectivity index (χ2n) is 5.03. The van der Waals surface area contributed by atoms with E-state index in [-0.39, 0.29) is 5.91 Å². The number of ether oxygens (including phenoxy) is 1. The Balaban J connectivity index is 2.07. The molecular weight excluding hydrogens is 240 g/mol. The smallest absolute Gasteiger partial charge is 0.227 e. The van der Waals surface area contributed by atoms with Gasteiger partial charge in [0.05, 0.1) is 7.11 Å². The van der Waals surface area contributed by atoms with Gasteiger partial charge in [0, 0.05) is 18.7 Å². The molecule has 104 valence electrons. The molecule has 4 nitrogen and oxygen atoms in total. The number of carbonyl (C=O) groups is 1. The van der Waals surface area contributed by atoms with Crippen molar-refractivity contribution in [2.24, 2.45) is 11.7 Å². The van der Waals surface area contributed by atoms with Gasteiger partial charge in [-0.25, -0.2) is 0 Å². The van der Waals surface area contributed by atoms with Crippen molar-refractivity contribution in [1.82, 2.24) is 0 Å². The Kier molecular flexibility index (Phi) is 4.80. The number of nitrogens with zero attached hydrogens (tertiary/aromatic N) is 1. The minimum atomic E-state index is 0.209. The van der Waals surface area contributed by atoms with Crippen LogP contribution in [0.2, 0.25) is 0 Å². The van der Waals surface area contributed by atoms with Gasteiger partial charge in [-0.2, -0.15) is 0 Å². The predicted octanol–water partition coefficient (Wildman–Crippen LogP) is 2.18. The highest BCUT2D eigenvalue weighted by Crippen LogP contribution is 2.33. The molecule has 2 rings (SSSR count). The third-order valence-electron chi connectivity index (χ3n) is 3.43. The van der Waals surface area contributed by atoms with Crippen LogP contribution in [0, 0.1) is 5.92 Å². The molecule has 1 aliphatic carbocycles. The van der Waals surface area contributed by atoms with Crippen LogP contribution < -0.4 is 15.4 Å². The van der Waals surface area contributed by atoms with Crippen molar-refractivity contribution in [3.8, 4) is 5.75 Å². The van der Waals surface area contributed by atoms with Crippen molar-refractivity contribution < 1.29 is 9.53 Å². The largest absolute Gasteiger partial charge is 0.497 e. The molecule has 1 aromatic rings. The standard InChI is InChI=1S/C15H22N2O2/c1-19-14-7-5-13(6-8-14)17(10-2-9-16)15(18)11-12-3-4-12/h5-8,12H,2-4,9-11,16H2,1H3. The van der Waals surface area contributed by atoms with Gasteiger partial charge in [0.2, 0.25) is 5.91 Å². The summed E-state index contributed by atoms with van der Waals surface area (Å²) in [6.07, 6.45) is 3.87. The first-order chi connectivity index (χ1) is 9.24. The summed E-state index contributed by atoms with van der Waals surface area (Å²) in [5.41, 5.74) is 6.49. The third-order valence-corrected chi connectivity index (χ3v) is 3.43. The van der Waals surface area contributed by atoms with Crippen molar-refractivity contribution in [3.05, 3.63) is 24.3 Å². The van der Waals surface area contributed by atoms with Crippen LogP contribution in [0.15, 0.2) is 24.3 Å².